The second-order valence-corrected chi connectivity index (χ2v) is 2.23. The molecule has 62 valence electrons. The molecule has 0 amide bonds. The minimum atomic E-state index is -1.00. The number of hydrogen-bond acceptors (Lipinski definition) is 3. The number of H-pyrrole nitrogens is 1. The number of nitrogens with two attached hydrogens (primary N) is 1. The fourth-order valence-electron chi connectivity index (χ4n) is 0.721. The van der Waals surface area contributed by atoms with E-state index in [1.165, 1.54) is 6.33 Å². The van der Waals surface area contributed by atoms with E-state index in [1.54, 1.807) is 6.20 Å². The fourth-order valence-corrected chi connectivity index (χ4v) is 0.721. The van der Waals surface area contributed by atoms with Gasteiger partial charge in [0.15, 0.2) is 0 Å². The first-order valence-electron chi connectivity index (χ1n) is 3.16. The minimum absolute atomic E-state index is 0. The summed E-state index contributed by atoms with van der Waals surface area (Å²) in [5.74, 6) is -1.00. The first kappa shape index (κ1) is 11.6. The van der Waals surface area contributed by atoms with Gasteiger partial charge in [-0.05, 0) is 0 Å². The van der Waals surface area contributed by atoms with Crippen LogP contribution in [0.1, 0.15) is 5.69 Å². The number of rotatable bonds is 3. The Kier molecular flexibility index (Phi) is 5.07. The van der Waals surface area contributed by atoms with Crippen LogP contribution in [0.4, 0.5) is 0 Å². The van der Waals surface area contributed by atoms with Gasteiger partial charge in [0.2, 0.25) is 0 Å². The Morgan fingerprint density at radius 3 is 2.92 bits per heavy atom. The van der Waals surface area contributed by atoms with Crippen LogP contribution in [0.5, 0.6) is 0 Å². The van der Waals surface area contributed by atoms with Crippen LogP contribution in [-0.4, -0.2) is 27.1 Å². The standard InChI is InChI=1S/C6H9N3O2.Hg/c7-5(6(10)11)1-4-2-8-3-9-4;/h2-3,5H,1,7H2,(H,8,9)(H,10,11);. The molecule has 1 heterocycles. The van der Waals surface area contributed by atoms with E-state index >= 15 is 0 Å². The first-order valence-corrected chi connectivity index (χ1v) is 3.16. The molecule has 6 heteroatoms. The van der Waals surface area contributed by atoms with E-state index in [0.717, 1.165) is 5.69 Å². The van der Waals surface area contributed by atoms with Crippen molar-refractivity contribution in [1.82, 2.24) is 9.97 Å². The molecule has 1 rings (SSSR count). The Bertz CT molecular complexity index is 237. The van der Waals surface area contributed by atoms with E-state index in [4.69, 9.17) is 10.8 Å². The maximum Gasteiger partial charge on any atom is 0.320 e. The fraction of sp³-hybridized carbons (Fsp3) is 0.333. The monoisotopic (exact) mass is 357 g/mol. The zero-order valence-corrected chi connectivity index (χ0v) is 12.0. The van der Waals surface area contributed by atoms with Crippen LogP contribution in [0.15, 0.2) is 12.5 Å². The van der Waals surface area contributed by atoms with E-state index in [2.05, 4.69) is 9.97 Å². The zero-order chi connectivity index (χ0) is 8.27. The summed E-state index contributed by atoms with van der Waals surface area (Å²) in [6.45, 7) is 0. The normalized spacial score (nSPS) is 11.8. The van der Waals surface area contributed by atoms with Gasteiger partial charge in [0.05, 0.1) is 6.33 Å². The van der Waals surface area contributed by atoms with Gasteiger partial charge >= 0.3 is 5.97 Å². The summed E-state index contributed by atoms with van der Waals surface area (Å²) in [5.41, 5.74) is 6.00. The van der Waals surface area contributed by atoms with E-state index in [9.17, 15) is 4.79 Å². The van der Waals surface area contributed by atoms with Crippen LogP contribution in [0.25, 0.3) is 0 Å². The third kappa shape index (κ3) is 3.31. The molecule has 1 aromatic heterocycles. The third-order valence-electron chi connectivity index (χ3n) is 1.31. The molecule has 0 fully saturated rings. The summed E-state index contributed by atoms with van der Waals surface area (Å²) < 4.78 is 0. The maximum absolute atomic E-state index is 10.3. The van der Waals surface area contributed by atoms with Crippen LogP contribution in [0.3, 0.4) is 0 Å². The van der Waals surface area contributed by atoms with E-state index in [0.29, 0.717) is 0 Å². The number of carboxylic acids is 1. The van der Waals surface area contributed by atoms with Gasteiger partial charge in [0, 0.05) is 46.0 Å². The number of imidazole rings is 1. The molecule has 12 heavy (non-hydrogen) atoms. The van der Waals surface area contributed by atoms with Gasteiger partial charge in [-0.25, -0.2) is 4.98 Å². The summed E-state index contributed by atoms with van der Waals surface area (Å²) in [5, 5.41) is 8.42. The largest absolute Gasteiger partial charge is 0.480 e. The predicted octanol–water partition coefficient (Wildman–Crippen LogP) is -0.638. The summed E-state index contributed by atoms with van der Waals surface area (Å²) in [6, 6.07) is -0.851. The van der Waals surface area contributed by atoms with Crippen LogP contribution >= 0.6 is 0 Å². The molecule has 5 nitrogen and oxygen atoms in total. The Balaban J connectivity index is 0.00000121. The maximum atomic E-state index is 10.3. The topological polar surface area (TPSA) is 92.0 Å². The molecule has 0 spiro atoms. The molecule has 4 N–H and O–H groups in total. The third-order valence-corrected chi connectivity index (χ3v) is 1.31. The second-order valence-electron chi connectivity index (χ2n) is 2.23. The molecule has 1 atom stereocenters. The molecular weight excluding hydrogens is 347 g/mol. The summed E-state index contributed by atoms with van der Waals surface area (Å²) in [4.78, 5) is 16.8. The molecule has 1 aromatic rings. The number of carbonyl (C=O) groups is 1. The minimum Gasteiger partial charge on any atom is -0.480 e. The van der Waals surface area contributed by atoms with Crippen molar-refractivity contribution in [2.24, 2.45) is 5.73 Å². The van der Waals surface area contributed by atoms with E-state index < -0.39 is 12.0 Å². The quantitative estimate of drug-likeness (QED) is 0.629. The van der Waals surface area contributed by atoms with Gasteiger partial charge in [0.25, 0.3) is 0 Å². The van der Waals surface area contributed by atoms with Crippen molar-refractivity contribution in [3.05, 3.63) is 18.2 Å². The van der Waals surface area contributed by atoms with E-state index in [1.807, 2.05) is 0 Å². The summed E-state index contributed by atoms with van der Waals surface area (Å²) >= 11 is 0. The van der Waals surface area contributed by atoms with E-state index in [-0.39, 0.29) is 34.1 Å². The van der Waals surface area contributed by atoms with Crippen molar-refractivity contribution in [3.8, 4) is 0 Å². The molecule has 0 saturated carbocycles. The summed E-state index contributed by atoms with van der Waals surface area (Å²) in [6.07, 6.45) is 3.34. The van der Waals surface area contributed by atoms with Gasteiger partial charge in [-0.2, -0.15) is 0 Å². The molecule has 0 radical (unpaired) electrons. The molecule has 0 aromatic carbocycles. The molecular formula is C6H9HgN3O2. The Morgan fingerprint density at radius 1 is 1.83 bits per heavy atom. The van der Waals surface area contributed by atoms with Crippen molar-refractivity contribution < 1.29 is 37.6 Å². The number of nitrogens with zero attached hydrogens (tertiary/aromatic N) is 1. The zero-order valence-electron chi connectivity index (χ0n) is 6.53. The molecule has 0 aliphatic heterocycles. The predicted molar refractivity (Wildman–Crippen MR) is 37.9 cm³/mol. The number of aromatic nitrogens is 2. The number of nitrogens with one attached hydrogen (secondary N) is 1. The van der Waals surface area contributed by atoms with Crippen LogP contribution in [0, 0.1) is 0 Å². The SMILES string of the molecule is NC(Cc1cnc[nH]1)C(=O)O.[Hg]. The van der Waals surface area contributed by atoms with Crippen molar-refractivity contribution >= 4 is 5.97 Å². The number of aromatic amines is 1. The van der Waals surface area contributed by atoms with Gasteiger partial charge in [0.1, 0.15) is 6.04 Å². The smallest absolute Gasteiger partial charge is 0.320 e. The molecule has 0 aliphatic rings. The van der Waals surface area contributed by atoms with Crippen molar-refractivity contribution in [2.75, 3.05) is 0 Å². The number of aliphatic carboxylic acids is 1. The van der Waals surface area contributed by atoms with Crippen LogP contribution in [-0.2, 0) is 38.9 Å². The molecule has 0 saturated heterocycles. The average molecular weight is 356 g/mol. The first-order chi connectivity index (χ1) is 5.20. The Labute approximate surface area is 89.9 Å². The molecule has 1 unspecified atom stereocenters. The number of hydrogen-bond donors (Lipinski definition) is 3. The average Bonchev–Trinajstić information content (AvgIpc) is 2.39. The van der Waals surface area contributed by atoms with Gasteiger partial charge < -0.3 is 15.8 Å². The molecule has 0 aliphatic carbocycles. The van der Waals surface area contributed by atoms with Crippen LogP contribution < -0.4 is 5.73 Å². The van der Waals surface area contributed by atoms with Gasteiger partial charge in [-0.15, -0.1) is 0 Å². The van der Waals surface area contributed by atoms with Gasteiger partial charge in [-0.3, -0.25) is 4.79 Å². The van der Waals surface area contributed by atoms with Crippen LogP contribution in [0.2, 0.25) is 0 Å². The Morgan fingerprint density at radius 2 is 2.50 bits per heavy atom. The Hall–Kier alpha value is -0.425. The summed E-state index contributed by atoms with van der Waals surface area (Å²) in [7, 11) is 0. The van der Waals surface area contributed by atoms with Crippen molar-refractivity contribution in [2.45, 2.75) is 12.5 Å². The van der Waals surface area contributed by atoms with Gasteiger partial charge in [-0.1, -0.05) is 0 Å². The second kappa shape index (κ2) is 5.26. The van der Waals surface area contributed by atoms with Crippen molar-refractivity contribution in [1.29, 1.82) is 0 Å². The molecule has 0 bridgehead atoms. The number of carboxylic acid groups (broad SMARTS) is 1. The van der Waals surface area contributed by atoms with Crippen molar-refractivity contribution in [3.63, 3.8) is 0 Å².